The first-order chi connectivity index (χ1) is 6.01. The third kappa shape index (κ3) is 1.90. The van der Waals surface area contributed by atoms with Gasteiger partial charge in [0.1, 0.15) is 0 Å². The lowest BCUT2D eigenvalue weighted by Crippen LogP contribution is -2.35. The SMILES string of the molecule is CCN1C(CC(C)(C)C)CC2CC21. The van der Waals surface area contributed by atoms with E-state index >= 15 is 0 Å². The van der Waals surface area contributed by atoms with Crippen LogP contribution in [0.1, 0.15) is 47.0 Å². The second-order valence-electron chi connectivity index (χ2n) is 6.05. The summed E-state index contributed by atoms with van der Waals surface area (Å²) in [5.74, 6) is 1.08. The molecule has 0 radical (unpaired) electrons. The molecule has 0 aromatic heterocycles. The van der Waals surface area contributed by atoms with Crippen LogP contribution in [0.3, 0.4) is 0 Å². The summed E-state index contributed by atoms with van der Waals surface area (Å²) >= 11 is 0. The molecule has 0 aromatic carbocycles. The van der Waals surface area contributed by atoms with Crippen molar-refractivity contribution in [1.29, 1.82) is 0 Å². The second-order valence-corrected chi connectivity index (χ2v) is 6.05. The molecule has 0 N–H and O–H groups in total. The zero-order chi connectivity index (χ0) is 9.64. The van der Waals surface area contributed by atoms with Gasteiger partial charge in [-0.2, -0.15) is 0 Å². The van der Waals surface area contributed by atoms with Gasteiger partial charge in [0, 0.05) is 12.1 Å². The van der Waals surface area contributed by atoms with Crippen molar-refractivity contribution in [2.45, 2.75) is 59.0 Å². The van der Waals surface area contributed by atoms with Crippen LogP contribution in [0.15, 0.2) is 0 Å². The van der Waals surface area contributed by atoms with Gasteiger partial charge in [-0.3, -0.25) is 4.90 Å². The van der Waals surface area contributed by atoms with Crippen LogP contribution >= 0.6 is 0 Å². The third-order valence-corrected chi connectivity index (χ3v) is 3.57. The van der Waals surface area contributed by atoms with Crippen LogP contribution in [0.4, 0.5) is 0 Å². The lowest BCUT2D eigenvalue weighted by molar-refractivity contribution is 0.173. The number of hydrogen-bond donors (Lipinski definition) is 0. The maximum atomic E-state index is 2.75. The van der Waals surface area contributed by atoms with Crippen LogP contribution in [0, 0.1) is 11.3 Å². The Morgan fingerprint density at radius 2 is 1.92 bits per heavy atom. The molecular formula is C12H23N. The Kier molecular flexibility index (Phi) is 2.18. The van der Waals surface area contributed by atoms with E-state index in [-0.39, 0.29) is 0 Å². The minimum atomic E-state index is 0.509. The topological polar surface area (TPSA) is 3.24 Å². The van der Waals surface area contributed by atoms with Gasteiger partial charge in [-0.1, -0.05) is 27.7 Å². The number of piperidine rings is 1. The van der Waals surface area contributed by atoms with Gasteiger partial charge in [0.2, 0.25) is 0 Å². The monoisotopic (exact) mass is 181 g/mol. The molecule has 2 aliphatic rings. The molecule has 1 aliphatic heterocycles. The molecule has 0 spiro atoms. The van der Waals surface area contributed by atoms with Gasteiger partial charge in [0.25, 0.3) is 0 Å². The summed E-state index contributed by atoms with van der Waals surface area (Å²) in [4.78, 5) is 2.75. The Balaban J connectivity index is 1.93. The van der Waals surface area contributed by atoms with E-state index in [4.69, 9.17) is 0 Å². The van der Waals surface area contributed by atoms with Gasteiger partial charge in [0.05, 0.1) is 0 Å². The minimum absolute atomic E-state index is 0.509. The minimum Gasteiger partial charge on any atom is -0.297 e. The van der Waals surface area contributed by atoms with Crippen LogP contribution in [-0.2, 0) is 0 Å². The molecule has 3 atom stereocenters. The van der Waals surface area contributed by atoms with Crippen LogP contribution in [0.25, 0.3) is 0 Å². The van der Waals surface area contributed by atoms with Crippen molar-refractivity contribution in [3.8, 4) is 0 Å². The zero-order valence-electron chi connectivity index (χ0n) is 9.51. The molecule has 1 aliphatic carbocycles. The lowest BCUT2D eigenvalue weighted by atomic mass is 9.86. The van der Waals surface area contributed by atoms with Gasteiger partial charge in [-0.15, -0.1) is 0 Å². The summed E-state index contributed by atoms with van der Waals surface area (Å²) in [6.45, 7) is 10.7. The maximum Gasteiger partial charge on any atom is 0.0131 e. The standard InChI is InChI=1S/C12H23N/c1-5-13-10(8-12(2,3)4)6-9-7-11(9)13/h9-11H,5-8H2,1-4H3. The van der Waals surface area contributed by atoms with E-state index in [2.05, 4.69) is 32.6 Å². The Bertz CT molecular complexity index is 192. The molecule has 1 heterocycles. The van der Waals surface area contributed by atoms with E-state index < -0.39 is 0 Å². The van der Waals surface area contributed by atoms with Crippen molar-refractivity contribution >= 4 is 0 Å². The Hall–Kier alpha value is -0.0400. The fourth-order valence-corrected chi connectivity index (χ4v) is 3.05. The highest BCUT2D eigenvalue weighted by molar-refractivity contribution is 5.05. The molecule has 76 valence electrons. The fourth-order valence-electron chi connectivity index (χ4n) is 3.05. The molecule has 3 unspecified atom stereocenters. The Morgan fingerprint density at radius 3 is 2.46 bits per heavy atom. The van der Waals surface area contributed by atoms with Crippen molar-refractivity contribution in [3.05, 3.63) is 0 Å². The normalized spacial score (nSPS) is 39.2. The molecule has 1 heteroatoms. The largest absolute Gasteiger partial charge is 0.297 e. The lowest BCUT2D eigenvalue weighted by Gasteiger charge is -2.31. The highest BCUT2D eigenvalue weighted by atomic mass is 15.2. The summed E-state index contributed by atoms with van der Waals surface area (Å²) < 4.78 is 0. The highest BCUT2D eigenvalue weighted by Crippen LogP contribution is 2.49. The Morgan fingerprint density at radius 1 is 1.23 bits per heavy atom. The van der Waals surface area contributed by atoms with Crippen molar-refractivity contribution in [1.82, 2.24) is 4.90 Å². The summed E-state index contributed by atoms with van der Waals surface area (Å²) in [5.41, 5.74) is 0.509. The van der Waals surface area contributed by atoms with Gasteiger partial charge >= 0.3 is 0 Å². The predicted molar refractivity (Wildman–Crippen MR) is 56.8 cm³/mol. The van der Waals surface area contributed by atoms with Gasteiger partial charge in [0.15, 0.2) is 0 Å². The molecule has 0 amide bonds. The van der Waals surface area contributed by atoms with Crippen molar-refractivity contribution in [2.75, 3.05) is 6.54 Å². The zero-order valence-corrected chi connectivity index (χ0v) is 9.51. The third-order valence-electron chi connectivity index (χ3n) is 3.57. The van der Waals surface area contributed by atoms with E-state index in [9.17, 15) is 0 Å². The smallest absolute Gasteiger partial charge is 0.0131 e. The van der Waals surface area contributed by atoms with E-state index in [0.717, 1.165) is 18.0 Å². The average Bonchev–Trinajstić information content (AvgIpc) is 2.60. The molecular weight excluding hydrogens is 158 g/mol. The van der Waals surface area contributed by atoms with Crippen LogP contribution < -0.4 is 0 Å². The average molecular weight is 181 g/mol. The molecule has 13 heavy (non-hydrogen) atoms. The molecule has 0 aromatic rings. The van der Waals surface area contributed by atoms with Gasteiger partial charge < -0.3 is 0 Å². The molecule has 1 saturated carbocycles. The number of rotatable bonds is 2. The quantitative estimate of drug-likeness (QED) is 0.633. The number of fused-ring (bicyclic) bond motifs is 1. The summed E-state index contributed by atoms with van der Waals surface area (Å²) in [5, 5.41) is 0. The maximum absolute atomic E-state index is 2.75. The van der Waals surface area contributed by atoms with E-state index in [1.807, 2.05) is 0 Å². The van der Waals surface area contributed by atoms with Gasteiger partial charge in [-0.05, 0) is 37.1 Å². The predicted octanol–water partition coefficient (Wildman–Crippen LogP) is 2.91. The number of nitrogens with zero attached hydrogens (tertiary/aromatic N) is 1. The number of likely N-dealkylation sites (tertiary alicyclic amines) is 1. The molecule has 1 nitrogen and oxygen atoms in total. The second kappa shape index (κ2) is 2.98. The highest BCUT2D eigenvalue weighted by Gasteiger charge is 2.51. The summed E-state index contributed by atoms with van der Waals surface area (Å²) in [7, 11) is 0. The van der Waals surface area contributed by atoms with Crippen LogP contribution in [0.5, 0.6) is 0 Å². The summed E-state index contributed by atoms with van der Waals surface area (Å²) in [6.07, 6.45) is 4.36. The van der Waals surface area contributed by atoms with Gasteiger partial charge in [-0.25, -0.2) is 0 Å². The molecule has 1 saturated heterocycles. The molecule has 0 bridgehead atoms. The van der Waals surface area contributed by atoms with E-state index in [0.29, 0.717) is 5.41 Å². The van der Waals surface area contributed by atoms with Crippen molar-refractivity contribution in [2.24, 2.45) is 11.3 Å². The summed E-state index contributed by atoms with van der Waals surface area (Å²) in [6, 6.07) is 1.88. The fraction of sp³-hybridized carbons (Fsp3) is 1.00. The molecule has 2 rings (SSSR count). The Labute approximate surface area is 82.5 Å². The first-order valence-corrected chi connectivity index (χ1v) is 5.77. The van der Waals surface area contributed by atoms with E-state index in [1.165, 1.54) is 25.8 Å². The molecule has 2 fully saturated rings. The van der Waals surface area contributed by atoms with Crippen LogP contribution in [0.2, 0.25) is 0 Å². The van der Waals surface area contributed by atoms with Crippen LogP contribution in [-0.4, -0.2) is 23.5 Å². The number of hydrogen-bond acceptors (Lipinski definition) is 1. The van der Waals surface area contributed by atoms with E-state index in [1.54, 1.807) is 0 Å². The van der Waals surface area contributed by atoms with Crippen molar-refractivity contribution in [3.63, 3.8) is 0 Å². The van der Waals surface area contributed by atoms with Crippen molar-refractivity contribution < 1.29 is 0 Å². The first kappa shape index (κ1) is 9.51. The first-order valence-electron chi connectivity index (χ1n) is 5.77.